The molecule has 0 bridgehead atoms. The molecule has 3 unspecified atom stereocenters. The lowest BCUT2D eigenvalue weighted by molar-refractivity contribution is -0.143. The molecule has 108 valence electrons. The maximum atomic E-state index is 12.5. The van der Waals surface area contributed by atoms with Crippen LogP contribution in [0.5, 0.6) is 0 Å². The Kier molecular flexibility index (Phi) is 4.32. The normalized spacial score (nSPS) is 31.6. The minimum Gasteiger partial charge on any atom is -0.481 e. The SMILES string of the molecule is CCC1CCN(C(=O)N2CCC(C(=O)O)CC2C)C1. The molecule has 1 N–H and O–H groups in total. The summed E-state index contributed by atoms with van der Waals surface area (Å²) in [5.74, 6) is -0.386. The van der Waals surface area contributed by atoms with Gasteiger partial charge >= 0.3 is 12.0 Å². The summed E-state index contributed by atoms with van der Waals surface area (Å²) in [4.78, 5) is 27.2. The number of carbonyl (C=O) groups excluding carboxylic acids is 1. The van der Waals surface area contributed by atoms with Crippen molar-refractivity contribution in [2.45, 2.75) is 45.6 Å². The van der Waals surface area contributed by atoms with E-state index >= 15 is 0 Å². The summed E-state index contributed by atoms with van der Waals surface area (Å²) in [6, 6.07) is 0.135. The molecule has 2 amide bonds. The smallest absolute Gasteiger partial charge is 0.320 e. The van der Waals surface area contributed by atoms with Gasteiger partial charge in [-0.2, -0.15) is 0 Å². The van der Waals surface area contributed by atoms with E-state index in [-0.39, 0.29) is 18.0 Å². The predicted octanol–water partition coefficient (Wildman–Crippen LogP) is 2.02. The van der Waals surface area contributed by atoms with Crippen molar-refractivity contribution in [3.63, 3.8) is 0 Å². The van der Waals surface area contributed by atoms with Gasteiger partial charge in [0, 0.05) is 25.7 Å². The van der Waals surface area contributed by atoms with Crippen molar-refractivity contribution in [2.24, 2.45) is 11.8 Å². The highest BCUT2D eigenvalue weighted by molar-refractivity contribution is 5.76. The number of amides is 2. The van der Waals surface area contributed by atoms with E-state index in [4.69, 9.17) is 5.11 Å². The van der Waals surface area contributed by atoms with E-state index in [1.807, 2.05) is 16.7 Å². The Morgan fingerprint density at radius 1 is 1.26 bits per heavy atom. The Labute approximate surface area is 114 Å². The first-order valence-electron chi connectivity index (χ1n) is 7.31. The number of nitrogens with zero attached hydrogens (tertiary/aromatic N) is 2. The van der Waals surface area contributed by atoms with Gasteiger partial charge in [0.2, 0.25) is 0 Å². The highest BCUT2D eigenvalue weighted by Gasteiger charge is 2.35. The van der Waals surface area contributed by atoms with E-state index in [2.05, 4.69) is 6.92 Å². The first-order valence-corrected chi connectivity index (χ1v) is 7.31. The Bertz CT molecular complexity index is 359. The van der Waals surface area contributed by atoms with Gasteiger partial charge in [0.1, 0.15) is 0 Å². The van der Waals surface area contributed by atoms with Crippen molar-refractivity contribution in [1.82, 2.24) is 9.80 Å². The number of aliphatic carboxylic acids is 1. The number of rotatable bonds is 2. The fourth-order valence-electron chi connectivity index (χ4n) is 3.20. The monoisotopic (exact) mass is 268 g/mol. The van der Waals surface area contributed by atoms with Crippen molar-refractivity contribution in [1.29, 1.82) is 0 Å². The van der Waals surface area contributed by atoms with Gasteiger partial charge in [-0.3, -0.25) is 4.79 Å². The van der Waals surface area contributed by atoms with Gasteiger partial charge in [-0.15, -0.1) is 0 Å². The van der Waals surface area contributed by atoms with Gasteiger partial charge in [0.25, 0.3) is 0 Å². The average Bonchev–Trinajstić information content (AvgIpc) is 2.86. The topological polar surface area (TPSA) is 60.9 Å². The van der Waals surface area contributed by atoms with Gasteiger partial charge in [0.05, 0.1) is 5.92 Å². The van der Waals surface area contributed by atoms with Crippen molar-refractivity contribution < 1.29 is 14.7 Å². The maximum absolute atomic E-state index is 12.5. The lowest BCUT2D eigenvalue weighted by Gasteiger charge is -2.38. The van der Waals surface area contributed by atoms with Gasteiger partial charge in [-0.05, 0) is 32.1 Å². The fourth-order valence-corrected chi connectivity index (χ4v) is 3.20. The molecule has 0 aromatic rings. The largest absolute Gasteiger partial charge is 0.481 e. The molecule has 5 nitrogen and oxygen atoms in total. The third-order valence-corrected chi connectivity index (χ3v) is 4.60. The maximum Gasteiger partial charge on any atom is 0.320 e. The molecule has 0 aromatic carbocycles. The molecule has 19 heavy (non-hydrogen) atoms. The van der Waals surface area contributed by atoms with Gasteiger partial charge in [-0.25, -0.2) is 4.79 Å². The van der Waals surface area contributed by atoms with E-state index < -0.39 is 5.97 Å². The molecule has 5 heteroatoms. The Morgan fingerprint density at radius 2 is 2.00 bits per heavy atom. The Hall–Kier alpha value is -1.26. The Morgan fingerprint density at radius 3 is 2.53 bits per heavy atom. The molecule has 2 heterocycles. The molecule has 2 saturated heterocycles. The first-order chi connectivity index (χ1) is 9.02. The molecule has 2 aliphatic rings. The second kappa shape index (κ2) is 5.80. The van der Waals surface area contributed by atoms with E-state index in [1.165, 1.54) is 0 Å². The van der Waals surface area contributed by atoms with E-state index in [1.54, 1.807) is 0 Å². The van der Waals surface area contributed by atoms with Crippen LogP contribution in [-0.4, -0.2) is 52.6 Å². The van der Waals surface area contributed by atoms with Gasteiger partial charge < -0.3 is 14.9 Å². The zero-order valence-electron chi connectivity index (χ0n) is 11.8. The number of piperidine rings is 1. The van der Waals surface area contributed by atoms with Crippen LogP contribution < -0.4 is 0 Å². The summed E-state index contributed by atoms with van der Waals surface area (Å²) in [5, 5.41) is 9.05. The lowest BCUT2D eigenvalue weighted by atomic mass is 9.92. The number of carboxylic acid groups (broad SMARTS) is 1. The lowest BCUT2D eigenvalue weighted by Crippen LogP contribution is -2.51. The van der Waals surface area contributed by atoms with Crippen molar-refractivity contribution in [3.05, 3.63) is 0 Å². The van der Waals surface area contributed by atoms with Crippen LogP contribution in [0.15, 0.2) is 0 Å². The molecule has 2 fully saturated rings. The molecule has 0 aromatic heterocycles. The second-order valence-corrected chi connectivity index (χ2v) is 5.89. The zero-order valence-corrected chi connectivity index (χ0v) is 11.8. The van der Waals surface area contributed by atoms with Gasteiger partial charge in [0.15, 0.2) is 0 Å². The van der Waals surface area contributed by atoms with Crippen LogP contribution in [0, 0.1) is 11.8 Å². The molecule has 0 spiro atoms. The summed E-state index contributed by atoms with van der Waals surface area (Å²) in [5.41, 5.74) is 0. The van der Waals surface area contributed by atoms with Crippen LogP contribution in [0.3, 0.4) is 0 Å². The average molecular weight is 268 g/mol. The number of carboxylic acids is 1. The van der Waals surface area contributed by atoms with Crippen LogP contribution in [0.25, 0.3) is 0 Å². The van der Waals surface area contributed by atoms with E-state index in [0.29, 0.717) is 25.3 Å². The number of urea groups is 1. The minimum absolute atomic E-state index is 0.0306. The van der Waals surface area contributed by atoms with E-state index in [0.717, 1.165) is 25.9 Å². The molecule has 0 saturated carbocycles. The third kappa shape index (κ3) is 3.01. The molecule has 0 radical (unpaired) electrons. The summed E-state index contributed by atoms with van der Waals surface area (Å²) >= 11 is 0. The molecule has 0 aliphatic carbocycles. The highest BCUT2D eigenvalue weighted by atomic mass is 16.4. The Balaban J connectivity index is 1.92. The van der Waals surface area contributed by atoms with Crippen molar-refractivity contribution in [3.8, 4) is 0 Å². The molecule has 2 aliphatic heterocycles. The number of hydrogen-bond acceptors (Lipinski definition) is 2. The summed E-state index contributed by atoms with van der Waals surface area (Å²) in [6.07, 6.45) is 3.38. The summed E-state index contributed by atoms with van der Waals surface area (Å²) in [7, 11) is 0. The van der Waals surface area contributed by atoms with Crippen LogP contribution in [-0.2, 0) is 4.79 Å². The second-order valence-electron chi connectivity index (χ2n) is 5.89. The minimum atomic E-state index is -0.730. The van der Waals surface area contributed by atoms with Crippen LogP contribution in [0.2, 0.25) is 0 Å². The standard InChI is InChI=1S/C14H24N2O3/c1-3-11-4-6-15(9-11)14(19)16-7-5-12(13(17)18)8-10(16)2/h10-12H,3-9H2,1-2H3,(H,17,18). The highest BCUT2D eigenvalue weighted by Crippen LogP contribution is 2.26. The fraction of sp³-hybridized carbons (Fsp3) is 0.857. The molecular formula is C14H24N2O3. The van der Waals surface area contributed by atoms with Crippen molar-refractivity contribution in [2.75, 3.05) is 19.6 Å². The van der Waals surface area contributed by atoms with Crippen LogP contribution in [0.1, 0.15) is 39.5 Å². The summed E-state index contributed by atoms with van der Waals surface area (Å²) < 4.78 is 0. The van der Waals surface area contributed by atoms with Crippen LogP contribution in [0.4, 0.5) is 4.79 Å². The van der Waals surface area contributed by atoms with Crippen molar-refractivity contribution >= 4 is 12.0 Å². The molecular weight excluding hydrogens is 244 g/mol. The predicted molar refractivity (Wildman–Crippen MR) is 71.9 cm³/mol. The number of hydrogen-bond donors (Lipinski definition) is 1. The number of carbonyl (C=O) groups is 2. The molecule has 2 rings (SSSR count). The number of likely N-dealkylation sites (tertiary alicyclic amines) is 2. The molecule has 3 atom stereocenters. The first kappa shape index (κ1) is 14.2. The van der Waals surface area contributed by atoms with Gasteiger partial charge in [-0.1, -0.05) is 13.3 Å². The van der Waals surface area contributed by atoms with Crippen LogP contribution >= 0.6 is 0 Å². The van der Waals surface area contributed by atoms with E-state index in [9.17, 15) is 9.59 Å². The zero-order chi connectivity index (χ0) is 14.0. The summed E-state index contributed by atoms with van der Waals surface area (Å²) in [6.45, 7) is 6.41. The third-order valence-electron chi connectivity index (χ3n) is 4.60. The quantitative estimate of drug-likeness (QED) is 0.833.